The van der Waals surface area contributed by atoms with Gasteiger partial charge in [-0.25, -0.2) is 18.4 Å². The first kappa shape index (κ1) is 11.1. The Labute approximate surface area is 97.4 Å². The first-order valence-electron chi connectivity index (χ1n) is 4.40. The fourth-order valence-corrected chi connectivity index (χ4v) is 3.00. The van der Waals surface area contributed by atoms with E-state index in [4.69, 9.17) is 11.6 Å². The summed E-state index contributed by atoms with van der Waals surface area (Å²) < 4.78 is 23.9. The van der Waals surface area contributed by atoms with Crippen molar-refractivity contribution >= 4 is 21.4 Å². The van der Waals surface area contributed by atoms with Crippen molar-refractivity contribution in [2.45, 2.75) is 10.8 Å². The summed E-state index contributed by atoms with van der Waals surface area (Å²) in [4.78, 5) is 10.2. The molecule has 84 valence electrons. The number of imidazole rings is 1. The number of aromatic amines is 1. The molecule has 1 N–H and O–H groups in total. The summed E-state index contributed by atoms with van der Waals surface area (Å²) >= 11 is 5.78. The smallest absolute Gasteiger partial charge is 0.202 e. The number of H-pyrrole nitrogens is 1. The molecule has 0 unspecified atom stereocenters. The summed E-state index contributed by atoms with van der Waals surface area (Å²) in [7, 11) is -3.53. The molecule has 0 fully saturated rings. The molecular formula is C9H8ClN3O2S. The van der Waals surface area contributed by atoms with Crippen LogP contribution in [0.2, 0.25) is 5.02 Å². The van der Waals surface area contributed by atoms with Crippen LogP contribution >= 0.6 is 11.6 Å². The number of sulfone groups is 1. The van der Waals surface area contributed by atoms with E-state index in [1.54, 1.807) is 6.07 Å². The number of hydrogen-bond donors (Lipinski definition) is 1. The van der Waals surface area contributed by atoms with Gasteiger partial charge in [0.05, 0.1) is 22.8 Å². The second kappa shape index (κ2) is 4.23. The third-order valence-corrected chi connectivity index (χ3v) is 3.94. The lowest BCUT2D eigenvalue weighted by Crippen LogP contribution is -2.07. The molecule has 2 aromatic heterocycles. The Kier molecular flexibility index (Phi) is 2.93. The number of nitrogens with zero attached hydrogens (tertiary/aromatic N) is 2. The molecule has 0 aromatic carbocycles. The van der Waals surface area contributed by atoms with Crippen LogP contribution in [0.5, 0.6) is 0 Å². The molecule has 0 aliphatic rings. The van der Waals surface area contributed by atoms with Crippen LogP contribution in [-0.2, 0) is 15.6 Å². The zero-order valence-electron chi connectivity index (χ0n) is 8.09. The van der Waals surface area contributed by atoms with Crippen LogP contribution in [-0.4, -0.2) is 23.4 Å². The van der Waals surface area contributed by atoms with Gasteiger partial charge in [-0.2, -0.15) is 0 Å². The molecule has 0 aliphatic carbocycles. The molecule has 0 aliphatic heterocycles. The van der Waals surface area contributed by atoms with Gasteiger partial charge in [-0.05, 0) is 12.1 Å². The summed E-state index contributed by atoms with van der Waals surface area (Å²) in [6.07, 6.45) is 4.27. The number of aromatic nitrogens is 3. The molecule has 0 radical (unpaired) electrons. The van der Waals surface area contributed by atoms with Gasteiger partial charge >= 0.3 is 0 Å². The van der Waals surface area contributed by atoms with Gasteiger partial charge in [0.1, 0.15) is 0 Å². The summed E-state index contributed by atoms with van der Waals surface area (Å²) in [6, 6.07) is 3.08. The van der Waals surface area contributed by atoms with Gasteiger partial charge in [0.15, 0.2) is 5.03 Å². The zero-order valence-corrected chi connectivity index (χ0v) is 9.66. The highest BCUT2D eigenvalue weighted by molar-refractivity contribution is 7.90. The Morgan fingerprint density at radius 3 is 2.88 bits per heavy atom. The lowest BCUT2D eigenvalue weighted by atomic mass is 10.5. The number of rotatable bonds is 3. The van der Waals surface area contributed by atoms with Crippen LogP contribution in [0, 0.1) is 0 Å². The van der Waals surface area contributed by atoms with Gasteiger partial charge in [0, 0.05) is 12.4 Å². The fraction of sp³-hybridized carbons (Fsp3) is 0.111. The highest BCUT2D eigenvalue weighted by atomic mass is 35.5. The largest absolute Gasteiger partial charge is 0.348 e. The molecule has 2 aromatic rings. The quantitative estimate of drug-likeness (QED) is 0.903. The van der Waals surface area contributed by atoms with Crippen LogP contribution < -0.4 is 0 Å². The summed E-state index contributed by atoms with van der Waals surface area (Å²) in [5.41, 5.74) is 0.502. The van der Waals surface area contributed by atoms with Gasteiger partial charge in [0.25, 0.3) is 0 Å². The van der Waals surface area contributed by atoms with Crippen molar-refractivity contribution in [1.29, 1.82) is 0 Å². The van der Waals surface area contributed by atoms with E-state index < -0.39 is 9.84 Å². The number of nitrogens with one attached hydrogen (secondary N) is 1. The van der Waals surface area contributed by atoms with Crippen LogP contribution in [0.4, 0.5) is 0 Å². The number of hydrogen-bond acceptors (Lipinski definition) is 4. The van der Waals surface area contributed by atoms with E-state index in [1.807, 2.05) is 0 Å². The minimum absolute atomic E-state index is 0.105. The zero-order chi connectivity index (χ0) is 11.6. The molecule has 0 bridgehead atoms. The molecule has 0 spiro atoms. The van der Waals surface area contributed by atoms with Gasteiger partial charge in [0.2, 0.25) is 9.84 Å². The van der Waals surface area contributed by atoms with Gasteiger partial charge in [-0.1, -0.05) is 11.6 Å². The standard InChI is InChI=1S/C9H8ClN3O2S/c10-8-2-1-3-12-9(8)16(14,15)5-7-4-11-6-13-7/h1-4,6H,5H2,(H,11,13). The summed E-state index contributed by atoms with van der Waals surface area (Å²) in [5, 5.41) is 0.0216. The van der Waals surface area contributed by atoms with Crippen molar-refractivity contribution in [3.8, 4) is 0 Å². The maximum atomic E-state index is 11.9. The fourth-order valence-electron chi connectivity index (χ4n) is 1.24. The Morgan fingerprint density at radius 1 is 1.44 bits per heavy atom. The Bertz CT molecular complexity index is 581. The highest BCUT2D eigenvalue weighted by Gasteiger charge is 2.20. The maximum Gasteiger partial charge on any atom is 0.202 e. The van der Waals surface area contributed by atoms with Gasteiger partial charge in [-0.3, -0.25) is 0 Å². The van der Waals surface area contributed by atoms with Crippen molar-refractivity contribution in [3.05, 3.63) is 41.6 Å². The summed E-state index contributed by atoms with van der Waals surface area (Å²) in [6.45, 7) is 0. The normalized spacial score (nSPS) is 11.6. The van der Waals surface area contributed by atoms with E-state index in [1.165, 1.54) is 24.8 Å². The Balaban J connectivity index is 2.37. The summed E-state index contributed by atoms with van der Waals surface area (Å²) in [5.74, 6) is -0.191. The lowest BCUT2D eigenvalue weighted by molar-refractivity contribution is 0.591. The minimum atomic E-state index is -3.53. The van der Waals surface area contributed by atoms with Gasteiger partial charge < -0.3 is 4.98 Å². The minimum Gasteiger partial charge on any atom is -0.348 e. The second-order valence-electron chi connectivity index (χ2n) is 3.13. The van der Waals surface area contributed by atoms with E-state index in [9.17, 15) is 8.42 Å². The van der Waals surface area contributed by atoms with Crippen LogP contribution in [0.25, 0.3) is 0 Å². The first-order valence-corrected chi connectivity index (χ1v) is 6.43. The Hall–Kier alpha value is -1.40. The molecule has 2 heterocycles. The molecule has 0 amide bonds. The molecule has 7 heteroatoms. The van der Waals surface area contributed by atoms with Crippen molar-refractivity contribution < 1.29 is 8.42 Å². The Morgan fingerprint density at radius 2 is 2.25 bits per heavy atom. The van der Waals surface area contributed by atoms with Crippen molar-refractivity contribution in [3.63, 3.8) is 0 Å². The molecular weight excluding hydrogens is 250 g/mol. The van der Waals surface area contributed by atoms with Crippen LogP contribution in [0.3, 0.4) is 0 Å². The molecule has 2 rings (SSSR count). The van der Waals surface area contributed by atoms with E-state index in [0.29, 0.717) is 5.69 Å². The maximum absolute atomic E-state index is 11.9. The molecule has 16 heavy (non-hydrogen) atoms. The van der Waals surface area contributed by atoms with E-state index in [0.717, 1.165) is 0 Å². The number of pyridine rings is 1. The van der Waals surface area contributed by atoms with Crippen molar-refractivity contribution in [2.24, 2.45) is 0 Å². The molecule has 0 saturated heterocycles. The van der Waals surface area contributed by atoms with Gasteiger partial charge in [-0.15, -0.1) is 0 Å². The average molecular weight is 258 g/mol. The predicted octanol–water partition coefficient (Wildman–Crippen LogP) is 1.43. The molecule has 0 saturated carbocycles. The lowest BCUT2D eigenvalue weighted by Gasteiger charge is -2.03. The highest BCUT2D eigenvalue weighted by Crippen LogP contribution is 2.21. The van der Waals surface area contributed by atoms with Crippen LogP contribution in [0.1, 0.15) is 5.69 Å². The molecule has 5 nitrogen and oxygen atoms in total. The molecule has 0 atom stereocenters. The monoisotopic (exact) mass is 257 g/mol. The van der Waals surface area contributed by atoms with E-state index >= 15 is 0 Å². The van der Waals surface area contributed by atoms with E-state index in [-0.39, 0.29) is 15.8 Å². The third-order valence-electron chi connectivity index (χ3n) is 1.92. The predicted molar refractivity (Wildman–Crippen MR) is 58.7 cm³/mol. The number of halogens is 1. The van der Waals surface area contributed by atoms with Crippen molar-refractivity contribution in [2.75, 3.05) is 0 Å². The van der Waals surface area contributed by atoms with Crippen molar-refractivity contribution in [1.82, 2.24) is 15.0 Å². The second-order valence-corrected chi connectivity index (χ2v) is 5.44. The van der Waals surface area contributed by atoms with E-state index in [2.05, 4.69) is 15.0 Å². The van der Waals surface area contributed by atoms with Crippen LogP contribution in [0.15, 0.2) is 35.9 Å². The SMILES string of the molecule is O=S(=O)(Cc1cnc[nH]1)c1ncccc1Cl. The first-order chi connectivity index (χ1) is 7.59. The third kappa shape index (κ3) is 2.23. The average Bonchev–Trinajstić information content (AvgIpc) is 2.70. The topological polar surface area (TPSA) is 75.7 Å².